The van der Waals surface area contributed by atoms with E-state index in [4.69, 9.17) is 0 Å². The van der Waals surface area contributed by atoms with Crippen LogP contribution in [0.2, 0.25) is 0 Å². The Labute approximate surface area is 172 Å². The molecule has 0 aliphatic rings. The molecule has 162 valence electrons. The number of hydrogen-bond donors (Lipinski definition) is 1. The Kier molecular flexibility index (Phi) is 11.3. The average Bonchev–Trinajstić information content (AvgIpc) is 2.56. The molecule has 0 spiro atoms. The molecule has 28 heavy (non-hydrogen) atoms. The molecule has 1 rings (SSSR count). The molecule has 0 fully saturated rings. The van der Waals surface area contributed by atoms with Crippen LogP contribution in [0.5, 0.6) is 0 Å². The van der Waals surface area contributed by atoms with E-state index in [0.29, 0.717) is 11.0 Å². The van der Waals surface area contributed by atoms with Crippen LogP contribution in [0.4, 0.5) is 0 Å². The van der Waals surface area contributed by atoms with Gasteiger partial charge >= 0.3 is 0 Å². The third kappa shape index (κ3) is 11.8. The molecule has 0 amide bonds. The Morgan fingerprint density at radius 1 is 0.964 bits per heavy atom. The minimum absolute atomic E-state index is 0.230. The lowest BCUT2D eigenvalue weighted by atomic mass is 9.99. The van der Waals surface area contributed by atoms with E-state index >= 15 is 0 Å². The number of rotatable bonds is 15. The summed E-state index contributed by atoms with van der Waals surface area (Å²) in [4.78, 5) is 0. The highest BCUT2D eigenvalue weighted by Gasteiger charge is 2.23. The van der Waals surface area contributed by atoms with Crippen molar-refractivity contribution in [2.75, 3.05) is 26.4 Å². The lowest BCUT2D eigenvalue weighted by molar-refractivity contribution is -0.906. The van der Waals surface area contributed by atoms with Crippen LogP contribution in [0, 0.1) is 0 Å². The first kappa shape index (κ1) is 25.1. The molecule has 0 aliphatic carbocycles. The van der Waals surface area contributed by atoms with Crippen LogP contribution in [0.1, 0.15) is 69.4 Å². The summed E-state index contributed by atoms with van der Waals surface area (Å²) in [6.07, 6.45) is 10.3. The molecule has 0 saturated carbocycles. The van der Waals surface area contributed by atoms with Crippen molar-refractivity contribution in [3.63, 3.8) is 0 Å². The maximum atomic E-state index is 10.9. The molecule has 0 aliphatic heterocycles. The van der Waals surface area contributed by atoms with Crippen LogP contribution in [0.15, 0.2) is 24.3 Å². The normalized spacial score (nSPS) is 13.6. The topological polar surface area (TPSA) is 77.4 Å². The van der Waals surface area contributed by atoms with Gasteiger partial charge < -0.3 is 14.1 Å². The zero-order valence-electron chi connectivity index (χ0n) is 17.9. The Morgan fingerprint density at radius 2 is 1.50 bits per heavy atom. The lowest BCUT2D eigenvalue weighted by Gasteiger charge is -2.33. The summed E-state index contributed by atoms with van der Waals surface area (Å²) in [5.41, 5.74) is 2.55. The Bertz CT molecular complexity index is 658. The van der Waals surface area contributed by atoms with E-state index in [1.165, 1.54) is 62.5 Å². The summed E-state index contributed by atoms with van der Waals surface area (Å²) >= 11 is 0. The van der Waals surface area contributed by atoms with Crippen molar-refractivity contribution >= 4 is 10.1 Å². The molecule has 1 aromatic carbocycles. The van der Waals surface area contributed by atoms with Crippen molar-refractivity contribution in [1.29, 1.82) is 0 Å². The van der Waals surface area contributed by atoms with Crippen LogP contribution in [0.25, 0.3) is 0 Å². The highest BCUT2D eigenvalue weighted by Crippen LogP contribution is 2.18. The summed E-state index contributed by atoms with van der Waals surface area (Å²) in [5, 5.41) is 9.95. The molecule has 5 nitrogen and oxygen atoms in total. The van der Waals surface area contributed by atoms with Crippen molar-refractivity contribution in [3.05, 3.63) is 35.4 Å². The van der Waals surface area contributed by atoms with Crippen molar-refractivity contribution in [2.24, 2.45) is 0 Å². The smallest absolute Gasteiger partial charge is 0.116 e. The van der Waals surface area contributed by atoms with Gasteiger partial charge in [-0.15, -0.1) is 0 Å². The standard InChI is InChI=1S/C22H39NO4S/c1-4-5-6-7-8-9-10-11-14-20-15-12-13-16-21(20)17-23(2,3)18-22(24)19-28(25,26)27/h12-13,15-16,22,24H,4-11,14,17-19H2,1-3H3. The van der Waals surface area contributed by atoms with E-state index in [1.807, 2.05) is 20.2 Å². The number of aryl methyl sites for hydroxylation is 1. The second kappa shape index (κ2) is 12.6. The first-order chi connectivity index (χ1) is 13.1. The number of hydrogen-bond acceptors (Lipinski definition) is 4. The molecule has 6 heteroatoms. The second-order valence-corrected chi connectivity index (χ2v) is 10.1. The number of aliphatic hydroxyl groups is 1. The molecule has 0 bridgehead atoms. The van der Waals surface area contributed by atoms with E-state index in [1.54, 1.807) is 0 Å². The van der Waals surface area contributed by atoms with Gasteiger partial charge in [0.05, 0.1) is 30.0 Å². The average molecular weight is 414 g/mol. The van der Waals surface area contributed by atoms with Crippen molar-refractivity contribution in [2.45, 2.75) is 77.4 Å². The SMILES string of the molecule is CCCCCCCCCCc1ccccc1C[N+](C)(C)CC(O)CS(=O)(=O)[O-]. The van der Waals surface area contributed by atoms with Crippen LogP contribution < -0.4 is 0 Å². The Balaban J connectivity index is 2.49. The molecular formula is C22H39NO4S. The third-order valence-corrected chi connectivity index (χ3v) is 5.91. The molecule has 1 atom stereocenters. The van der Waals surface area contributed by atoms with Gasteiger partial charge in [-0.1, -0.05) is 76.1 Å². The molecule has 1 aromatic rings. The van der Waals surface area contributed by atoms with E-state index in [2.05, 4.69) is 25.1 Å². The summed E-state index contributed by atoms with van der Waals surface area (Å²) in [7, 11) is -0.508. The van der Waals surface area contributed by atoms with Crippen molar-refractivity contribution < 1.29 is 22.6 Å². The van der Waals surface area contributed by atoms with Crippen LogP contribution >= 0.6 is 0 Å². The van der Waals surface area contributed by atoms with Gasteiger partial charge in [-0.25, -0.2) is 8.42 Å². The minimum atomic E-state index is -4.41. The van der Waals surface area contributed by atoms with Crippen molar-refractivity contribution in [3.8, 4) is 0 Å². The fraction of sp³-hybridized carbons (Fsp3) is 0.727. The molecular weight excluding hydrogens is 374 g/mol. The van der Waals surface area contributed by atoms with E-state index in [9.17, 15) is 18.1 Å². The lowest BCUT2D eigenvalue weighted by Crippen LogP contribution is -2.46. The van der Waals surface area contributed by atoms with Gasteiger partial charge in [0.2, 0.25) is 0 Å². The largest absolute Gasteiger partial charge is 0.748 e. The molecule has 0 aromatic heterocycles. The predicted octanol–water partition coefficient (Wildman–Crippen LogP) is 3.85. The highest BCUT2D eigenvalue weighted by molar-refractivity contribution is 7.85. The monoisotopic (exact) mass is 413 g/mol. The van der Waals surface area contributed by atoms with Crippen LogP contribution in [0.3, 0.4) is 0 Å². The van der Waals surface area contributed by atoms with Gasteiger partial charge in [-0.3, -0.25) is 0 Å². The summed E-state index contributed by atoms with van der Waals surface area (Å²) in [6, 6.07) is 8.35. The van der Waals surface area contributed by atoms with Crippen molar-refractivity contribution in [1.82, 2.24) is 0 Å². The second-order valence-electron chi connectivity index (χ2n) is 8.65. The number of likely N-dealkylation sites (N-methyl/N-ethyl adjacent to an activating group) is 1. The van der Waals surface area contributed by atoms with Crippen LogP contribution in [-0.2, 0) is 23.1 Å². The minimum Gasteiger partial charge on any atom is -0.748 e. The Morgan fingerprint density at radius 3 is 2.07 bits per heavy atom. The maximum Gasteiger partial charge on any atom is 0.116 e. The zero-order chi connectivity index (χ0) is 21.0. The Hall–Kier alpha value is -0.950. The first-order valence-electron chi connectivity index (χ1n) is 10.6. The number of aliphatic hydroxyl groups excluding tert-OH is 1. The van der Waals surface area contributed by atoms with E-state index in [0.717, 1.165) is 6.42 Å². The predicted molar refractivity (Wildman–Crippen MR) is 114 cm³/mol. The van der Waals surface area contributed by atoms with Gasteiger partial charge in [-0.05, 0) is 18.4 Å². The van der Waals surface area contributed by atoms with E-state index < -0.39 is 22.0 Å². The van der Waals surface area contributed by atoms with E-state index in [-0.39, 0.29) is 6.54 Å². The fourth-order valence-corrected chi connectivity index (χ4v) is 4.37. The van der Waals surface area contributed by atoms with Gasteiger partial charge in [-0.2, -0.15) is 0 Å². The number of nitrogens with zero attached hydrogens (tertiary/aromatic N) is 1. The zero-order valence-corrected chi connectivity index (χ0v) is 18.7. The number of unbranched alkanes of at least 4 members (excludes halogenated alkanes) is 7. The van der Waals surface area contributed by atoms with Gasteiger partial charge in [0.1, 0.15) is 19.2 Å². The molecule has 1 unspecified atom stereocenters. The third-order valence-electron chi connectivity index (χ3n) is 5.12. The summed E-state index contributed by atoms with van der Waals surface area (Å²) < 4.78 is 33.0. The maximum absolute atomic E-state index is 10.9. The number of benzene rings is 1. The van der Waals surface area contributed by atoms with Gasteiger partial charge in [0.25, 0.3) is 0 Å². The highest BCUT2D eigenvalue weighted by atomic mass is 32.2. The summed E-state index contributed by atoms with van der Waals surface area (Å²) in [6.45, 7) is 3.17. The molecule has 0 radical (unpaired) electrons. The fourth-order valence-electron chi connectivity index (χ4n) is 3.79. The molecule has 0 saturated heterocycles. The number of quaternary nitrogens is 1. The first-order valence-corrected chi connectivity index (χ1v) is 12.2. The van der Waals surface area contributed by atoms with Gasteiger partial charge in [0.15, 0.2) is 0 Å². The van der Waals surface area contributed by atoms with Gasteiger partial charge in [0, 0.05) is 5.56 Å². The van der Waals surface area contributed by atoms with Crippen LogP contribution in [-0.4, -0.2) is 55.1 Å². The molecule has 0 heterocycles. The summed E-state index contributed by atoms with van der Waals surface area (Å²) in [5.74, 6) is -0.728. The molecule has 1 N–H and O–H groups in total. The quantitative estimate of drug-likeness (QED) is 0.269.